The van der Waals surface area contributed by atoms with Crippen LogP contribution in [-0.4, -0.2) is 8.42 Å². The molecule has 4 nitrogen and oxygen atoms in total. The minimum Gasteiger partial charge on any atom is -0.378 e. The summed E-state index contributed by atoms with van der Waals surface area (Å²) < 4.78 is 28.8. The molecule has 0 amide bonds. The van der Waals surface area contributed by atoms with Crippen molar-refractivity contribution in [1.29, 1.82) is 0 Å². The van der Waals surface area contributed by atoms with Crippen LogP contribution in [0.5, 0.6) is 0 Å². The zero-order valence-corrected chi connectivity index (χ0v) is 19.7. The molecule has 1 aliphatic carbocycles. The Kier molecular flexibility index (Phi) is 5.44. The molecule has 0 aromatic heterocycles. The van der Waals surface area contributed by atoms with Gasteiger partial charge in [-0.15, -0.1) is 0 Å². The summed E-state index contributed by atoms with van der Waals surface area (Å²) in [6.07, 6.45) is 5.25. The fourth-order valence-corrected chi connectivity index (χ4v) is 6.09. The second-order valence-corrected chi connectivity index (χ2v) is 10.9. The van der Waals surface area contributed by atoms with Crippen LogP contribution in [0.25, 0.3) is 0 Å². The van der Waals surface area contributed by atoms with Crippen LogP contribution >= 0.6 is 23.2 Å². The number of sulfonamides is 1. The van der Waals surface area contributed by atoms with Gasteiger partial charge in [0.1, 0.15) is 0 Å². The fourth-order valence-electron chi connectivity index (χ4n) is 4.70. The number of halogens is 2. The van der Waals surface area contributed by atoms with E-state index in [-0.39, 0.29) is 22.8 Å². The maximum Gasteiger partial charge on any atom is 0.261 e. The number of allylic oxidation sites excluding steroid dienone is 2. The van der Waals surface area contributed by atoms with Crippen LogP contribution in [0.1, 0.15) is 35.1 Å². The molecule has 0 bridgehead atoms. The van der Waals surface area contributed by atoms with E-state index in [1.165, 1.54) is 0 Å². The maximum atomic E-state index is 13.1. The Bertz CT molecular complexity index is 1340. The summed E-state index contributed by atoms with van der Waals surface area (Å²) in [5.74, 6) is 0.391. The first kappa shape index (κ1) is 21.4. The second kappa shape index (κ2) is 8.14. The topological polar surface area (TPSA) is 58.2 Å². The molecule has 0 spiro atoms. The third kappa shape index (κ3) is 3.90. The summed E-state index contributed by atoms with van der Waals surface area (Å²) in [5.41, 5.74) is 4.54. The van der Waals surface area contributed by atoms with Gasteiger partial charge in [-0.05, 0) is 78.4 Å². The Labute approximate surface area is 198 Å². The molecule has 32 heavy (non-hydrogen) atoms. The van der Waals surface area contributed by atoms with Gasteiger partial charge in [-0.1, -0.05) is 53.6 Å². The van der Waals surface area contributed by atoms with Crippen LogP contribution < -0.4 is 10.0 Å². The van der Waals surface area contributed by atoms with E-state index in [9.17, 15) is 8.42 Å². The molecule has 1 aliphatic heterocycles. The second-order valence-electron chi connectivity index (χ2n) is 8.37. The lowest BCUT2D eigenvalue weighted by atomic mass is 9.77. The highest BCUT2D eigenvalue weighted by atomic mass is 35.5. The summed E-state index contributed by atoms with van der Waals surface area (Å²) in [6, 6.07) is 18.4. The molecule has 3 aromatic rings. The van der Waals surface area contributed by atoms with E-state index in [2.05, 4.69) is 22.2 Å². The molecule has 7 heteroatoms. The fraction of sp³-hybridized carbons (Fsp3) is 0.200. The summed E-state index contributed by atoms with van der Waals surface area (Å²) in [7, 11) is -3.70. The predicted octanol–water partition coefficient (Wildman–Crippen LogP) is 6.93. The van der Waals surface area contributed by atoms with Gasteiger partial charge >= 0.3 is 0 Å². The van der Waals surface area contributed by atoms with Crippen LogP contribution in [0.3, 0.4) is 0 Å². The zero-order valence-electron chi connectivity index (χ0n) is 17.3. The number of benzene rings is 3. The van der Waals surface area contributed by atoms with Crippen LogP contribution in [0.2, 0.25) is 10.0 Å². The van der Waals surface area contributed by atoms with Crippen molar-refractivity contribution in [1.82, 2.24) is 0 Å². The van der Waals surface area contributed by atoms with Gasteiger partial charge < -0.3 is 5.32 Å². The van der Waals surface area contributed by atoms with Gasteiger partial charge in [0.2, 0.25) is 0 Å². The van der Waals surface area contributed by atoms with Gasteiger partial charge in [0.15, 0.2) is 0 Å². The van der Waals surface area contributed by atoms with Crippen LogP contribution in [-0.2, 0) is 10.0 Å². The van der Waals surface area contributed by atoms with E-state index < -0.39 is 10.0 Å². The third-order valence-electron chi connectivity index (χ3n) is 6.22. The number of fused-ring (bicyclic) bond motifs is 3. The lowest BCUT2D eigenvalue weighted by Gasteiger charge is -2.37. The van der Waals surface area contributed by atoms with E-state index in [0.717, 1.165) is 28.8 Å². The lowest BCUT2D eigenvalue weighted by Crippen LogP contribution is -2.29. The third-order valence-corrected chi connectivity index (χ3v) is 8.34. The highest BCUT2D eigenvalue weighted by molar-refractivity contribution is 7.92. The molecule has 3 aromatic carbocycles. The first-order valence-corrected chi connectivity index (χ1v) is 12.7. The molecule has 5 rings (SSSR count). The van der Waals surface area contributed by atoms with E-state index in [1.807, 2.05) is 49.4 Å². The summed E-state index contributed by atoms with van der Waals surface area (Å²) in [5, 5.41) is 4.67. The summed E-state index contributed by atoms with van der Waals surface area (Å²) in [4.78, 5) is 0.256. The van der Waals surface area contributed by atoms with Gasteiger partial charge in [0, 0.05) is 17.3 Å². The molecule has 0 fully saturated rings. The van der Waals surface area contributed by atoms with Gasteiger partial charge in [0.25, 0.3) is 10.0 Å². The first-order chi connectivity index (χ1) is 15.3. The number of rotatable bonds is 4. The largest absolute Gasteiger partial charge is 0.378 e. The van der Waals surface area contributed by atoms with Crippen LogP contribution in [0, 0.1) is 12.8 Å². The van der Waals surface area contributed by atoms with Gasteiger partial charge in [-0.3, -0.25) is 4.72 Å². The average Bonchev–Trinajstić information content (AvgIpc) is 3.25. The molecule has 3 atom stereocenters. The Morgan fingerprint density at radius 2 is 1.84 bits per heavy atom. The van der Waals surface area contributed by atoms with Crippen molar-refractivity contribution >= 4 is 44.6 Å². The highest BCUT2D eigenvalue weighted by Crippen LogP contribution is 2.50. The van der Waals surface area contributed by atoms with E-state index >= 15 is 0 Å². The molecule has 1 heterocycles. The van der Waals surface area contributed by atoms with E-state index in [0.29, 0.717) is 15.7 Å². The predicted molar refractivity (Wildman–Crippen MR) is 131 cm³/mol. The Morgan fingerprint density at radius 3 is 2.62 bits per heavy atom. The Balaban J connectivity index is 1.49. The van der Waals surface area contributed by atoms with E-state index in [4.69, 9.17) is 23.2 Å². The van der Waals surface area contributed by atoms with Crippen molar-refractivity contribution in [3.8, 4) is 0 Å². The molecule has 0 unspecified atom stereocenters. The van der Waals surface area contributed by atoms with Crippen molar-refractivity contribution < 1.29 is 8.42 Å². The molecule has 0 saturated carbocycles. The SMILES string of the molecule is Cc1cccc(NS(=O)(=O)c2ccc3c(c2)[C@@H]2C=CC[C@@H]2[C@H](c2ccc(Cl)c(Cl)c2)N3)c1. The normalized spacial score (nSPS) is 21.5. The van der Waals surface area contributed by atoms with Crippen molar-refractivity contribution in [2.75, 3.05) is 10.0 Å². The van der Waals surface area contributed by atoms with Gasteiger partial charge in [-0.25, -0.2) is 8.42 Å². The smallest absolute Gasteiger partial charge is 0.261 e. The number of hydrogen-bond donors (Lipinski definition) is 2. The number of hydrogen-bond acceptors (Lipinski definition) is 3. The molecule has 2 N–H and O–H groups in total. The average molecular weight is 485 g/mol. The number of anilines is 2. The number of nitrogens with one attached hydrogen (secondary N) is 2. The quantitative estimate of drug-likeness (QED) is 0.394. The molecular formula is C25H22Cl2N2O2S. The van der Waals surface area contributed by atoms with Crippen LogP contribution in [0.4, 0.5) is 11.4 Å². The highest BCUT2D eigenvalue weighted by Gasteiger charge is 2.38. The standard InChI is InChI=1S/C25H22Cl2N2O2S/c1-15-4-2-5-17(12-15)29-32(30,31)18-9-11-24-21(14-18)19-6-3-7-20(19)25(28-24)16-8-10-22(26)23(27)13-16/h2-6,8-14,19-20,25,28-29H,7H2,1H3/t19-,20+,25+/m1/s1. The van der Waals surface area contributed by atoms with Crippen LogP contribution in [0.15, 0.2) is 77.7 Å². The van der Waals surface area contributed by atoms with Crippen molar-refractivity contribution in [3.63, 3.8) is 0 Å². The molecular weight excluding hydrogens is 463 g/mol. The van der Waals surface area contributed by atoms with Gasteiger partial charge in [0.05, 0.1) is 21.0 Å². The van der Waals surface area contributed by atoms with Crippen molar-refractivity contribution in [2.24, 2.45) is 5.92 Å². The maximum absolute atomic E-state index is 13.1. The minimum absolute atomic E-state index is 0.0603. The first-order valence-electron chi connectivity index (χ1n) is 10.4. The zero-order chi connectivity index (χ0) is 22.5. The Morgan fingerprint density at radius 1 is 1.00 bits per heavy atom. The summed E-state index contributed by atoms with van der Waals surface area (Å²) >= 11 is 12.4. The Hall–Kier alpha value is -2.47. The minimum atomic E-state index is -3.70. The lowest BCUT2D eigenvalue weighted by molar-refractivity contribution is 0.425. The summed E-state index contributed by atoms with van der Waals surface area (Å²) in [6.45, 7) is 1.93. The van der Waals surface area contributed by atoms with E-state index in [1.54, 1.807) is 18.2 Å². The molecule has 2 aliphatic rings. The van der Waals surface area contributed by atoms with Crippen molar-refractivity contribution in [3.05, 3.63) is 99.6 Å². The van der Waals surface area contributed by atoms with Crippen molar-refractivity contribution in [2.45, 2.75) is 30.2 Å². The number of aryl methyl sites for hydroxylation is 1. The van der Waals surface area contributed by atoms with Gasteiger partial charge in [-0.2, -0.15) is 0 Å². The molecule has 0 saturated heterocycles. The monoisotopic (exact) mass is 484 g/mol. The molecule has 164 valence electrons. The molecule has 0 radical (unpaired) electrons.